The Balaban J connectivity index is 2.32. The number of rotatable bonds is 2. The molecule has 1 unspecified atom stereocenters. The molecule has 1 aromatic carbocycles. The second-order valence-electron chi connectivity index (χ2n) is 4.53. The summed E-state index contributed by atoms with van der Waals surface area (Å²) in [5, 5.41) is 3.41. The van der Waals surface area contributed by atoms with Crippen LogP contribution >= 0.6 is 0 Å². The third kappa shape index (κ3) is 2.20. The number of nitrogens with one attached hydrogen (secondary N) is 1. The molecule has 0 amide bonds. The molecule has 4 nitrogen and oxygen atoms in total. The van der Waals surface area contributed by atoms with Gasteiger partial charge in [0, 0.05) is 0 Å². The van der Waals surface area contributed by atoms with Crippen molar-refractivity contribution in [3.05, 3.63) is 23.8 Å². The first kappa shape index (κ1) is 11.8. The zero-order chi connectivity index (χ0) is 12.5. The van der Waals surface area contributed by atoms with Crippen LogP contribution in [0.1, 0.15) is 30.6 Å². The maximum atomic E-state index is 11.4. The number of carbonyl (C=O) groups is 1. The van der Waals surface area contributed by atoms with E-state index in [4.69, 9.17) is 9.47 Å². The summed E-state index contributed by atoms with van der Waals surface area (Å²) in [5.41, 5.74) is 1.30. The Morgan fingerprint density at radius 2 is 2.35 bits per heavy atom. The van der Waals surface area contributed by atoms with Gasteiger partial charge in [0.2, 0.25) is 0 Å². The fourth-order valence-electron chi connectivity index (χ4n) is 1.79. The van der Waals surface area contributed by atoms with Crippen LogP contribution in [0.3, 0.4) is 0 Å². The first-order valence-corrected chi connectivity index (χ1v) is 5.71. The summed E-state index contributed by atoms with van der Waals surface area (Å²) >= 11 is 0. The highest BCUT2D eigenvalue weighted by Gasteiger charge is 2.29. The third-order valence-corrected chi connectivity index (χ3v) is 3.16. The zero-order valence-electron chi connectivity index (χ0n) is 10.4. The number of hydrogen-bond donors (Lipinski definition) is 1. The van der Waals surface area contributed by atoms with Crippen LogP contribution in [-0.2, 0) is 4.74 Å². The highest BCUT2D eigenvalue weighted by atomic mass is 16.5. The smallest absolute Gasteiger partial charge is 0.337 e. The summed E-state index contributed by atoms with van der Waals surface area (Å²) < 4.78 is 10.4. The first-order valence-electron chi connectivity index (χ1n) is 5.71. The van der Waals surface area contributed by atoms with Crippen molar-refractivity contribution < 1.29 is 14.3 Å². The van der Waals surface area contributed by atoms with Gasteiger partial charge < -0.3 is 14.8 Å². The number of ether oxygens (including phenoxy) is 2. The van der Waals surface area contributed by atoms with Gasteiger partial charge in [-0.3, -0.25) is 0 Å². The van der Waals surface area contributed by atoms with Gasteiger partial charge >= 0.3 is 5.97 Å². The van der Waals surface area contributed by atoms with Gasteiger partial charge in [-0.15, -0.1) is 0 Å². The normalized spacial score (nSPS) is 22.1. The highest BCUT2D eigenvalue weighted by molar-refractivity contribution is 5.91. The number of benzene rings is 1. The minimum Gasteiger partial charge on any atom is -0.489 e. The summed E-state index contributed by atoms with van der Waals surface area (Å²) in [6.07, 6.45) is 0.953. The first-order chi connectivity index (χ1) is 8.08. The van der Waals surface area contributed by atoms with E-state index in [0.29, 0.717) is 12.2 Å². The van der Waals surface area contributed by atoms with Crippen LogP contribution in [-0.4, -0.2) is 25.2 Å². The molecule has 2 rings (SSSR count). The Morgan fingerprint density at radius 3 is 3.00 bits per heavy atom. The van der Waals surface area contributed by atoms with Gasteiger partial charge in [0.05, 0.1) is 23.9 Å². The van der Waals surface area contributed by atoms with Crippen molar-refractivity contribution in [3.63, 3.8) is 0 Å². The minimum absolute atomic E-state index is 0.0816. The van der Waals surface area contributed by atoms with Crippen molar-refractivity contribution in [3.8, 4) is 5.75 Å². The van der Waals surface area contributed by atoms with E-state index in [-0.39, 0.29) is 11.5 Å². The quantitative estimate of drug-likeness (QED) is 0.800. The standard InChI is InChI=1S/C13H17NO3/c1-4-13(2)8-17-11-6-5-9(12(15)16-3)7-10(11)14-13/h5-7,14H,4,8H2,1-3H3. The fourth-order valence-corrected chi connectivity index (χ4v) is 1.79. The molecule has 0 saturated heterocycles. The molecular formula is C13H17NO3. The van der Waals surface area contributed by atoms with Crippen LogP contribution in [0.4, 0.5) is 5.69 Å². The molecule has 0 radical (unpaired) electrons. The monoisotopic (exact) mass is 235 g/mol. The molecule has 0 fully saturated rings. The zero-order valence-corrected chi connectivity index (χ0v) is 10.4. The maximum Gasteiger partial charge on any atom is 0.337 e. The molecule has 0 saturated carbocycles. The fraction of sp³-hybridized carbons (Fsp3) is 0.462. The van der Waals surface area contributed by atoms with Gasteiger partial charge in [0.25, 0.3) is 0 Å². The summed E-state index contributed by atoms with van der Waals surface area (Å²) in [6.45, 7) is 4.83. The predicted molar refractivity (Wildman–Crippen MR) is 65.6 cm³/mol. The molecule has 1 aromatic rings. The highest BCUT2D eigenvalue weighted by Crippen LogP contribution is 2.34. The van der Waals surface area contributed by atoms with E-state index in [1.807, 2.05) is 0 Å². The second-order valence-corrected chi connectivity index (χ2v) is 4.53. The SMILES string of the molecule is CCC1(C)COc2ccc(C(=O)OC)cc2N1. The van der Waals surface area contributed by atoms with Crippen molar-refractivity contribution in [2.45, 2.75) is 25.8 Å². The minimum atomic E-state index is -0.335. The van der Waals surface area contributed by atoms with E-state index in [1.54, 1.807) is 18.2 Å². The van der Waals surface area contributed by atoms with E-state index < -0.39 is 0 Å². The van der Waals surface area contributed by atoms with Crippen molar-refractivity contribution in [2.24, 2.45) is 0 Å². The van der Waals surface area contributed by atoms with Crippen molar-refractivity contribution >= 4 is 11.7 Å². The Morgan fingerprint density at radius 1 is 1.59 bits per heavy atom. The topological polar surface area (TPSA) is 47.6 Å². The Labute approximate surface area is 101 Å². The van der Waals surface area contributed by atoms with Gasteiger partial charge in [-0.25, -0.2) is 4.79 Å². The molecule has 1 aliphatic rings. The number of hydrogen-bond acceptors (Lipinski definition) is 4. The third-order valence-electron chi connectivity index (χ3n) is 3.16. The molecule has 0 bridgehead atoms. The van der Waals surface area contributed by atoms with Gasteiger partial charge in [-0.1, -0.05) is 6.92 Å². The van der Waals surface area contributed by atoms with Crippen LogP contribution in [0.25, 0.3) is 0 Å². The Bertz CT molecular complexity index is 444. The molecule has 4 heteroatoms. The molecule has 0 aliphatic carbocycles. The molecule has 0 spiro atoms. The van der Waals surface area contributed by atoms with Gasteiger partial charge in [0.15, 0.2) is 0 Å². The largest absolute Gasteiger partial charge is 0.489 e. The van der Waals surface area contributed by atoms with Crippen LogP contribution < -0.4 is 10.1 Å². The molecule has 1 atom stereocenters. The summed E-state index contributed by atoms with van der Waals surface area (Å²) in [6, 6.07) is 5.28. The average molecular weight is 235 g/mol. The van der Waals surface area contributed by atoms with Crippen LogP contribution in [0.2, 0.25) is 0 Å². The van der Waals surface area contributed by atoms with Crippen molar-refractivity contribution in [1.82, 2.24) is 0 Å². The van der Waals surface area contributed by atoms with E-state index >= 15 is 0 Å². The molecule has 92 valence electrons. The lowest BCUT2D eigenvalue weighted by atomic mass is 9.97. The Kier molecular flexibility index (Phi) is 2.96. The molecule has 17 heavy (non-hydrogen) atoms. The second kappa shape index (κ2) is 4.28. The van der Waals surface area contributed by atoms with Gasteiger partial charge in [-0.2, -0.15) is 0 Å². The van der Waals surface area contributed by atoms with Gasteiger partial charge in [0.1, 0.15) is 12.4 Å². The molecule has 1 heterocycles. The molecule has 1 N–H and O–H groups in total. The van der Waals surface area contributed by atoms with E-state index in [9.17, 15) is 4.79 Å². The number of anilines is 1. The lowest BCUT2D eigenvalue weighted by Gasteiger charge is -2.36. The van der Waals surface area contributed by atoms with Crippen molar-refractivity contribution in [1.29, 1.82) is 0 Å². The number of esters is 1. The number of fused-ring (bicyclic) bond motifs is 1. The lowest BCUT2D eigenvalue weighted by molar-refractivity contribution is 0.0600. The Hall–Kier alpha value is -1.71. The average Bonchev–Trinajstić information content (AvgIpc) is 2.37. The van der Waals surface area contributed by atoms with Gasteiger partial charge in [-0.05, 0) is 31.5 Å². The van der Waals surface area contributed by atoms with Crippen LogP contribution in [0.15, 0.2) is 18.2 Å². The molecule has 0 aromatic heterocycles. The predicted octanol–water partition coefficient (Wildman–Crippen LogP) is 2.45. The van der Waals surface area contributed by atoms with Crippen LogP contribution in [0.5, 0.6) is 5.75 Å². The molecule has 1 aliphatic heterocycles. The summed E-state index contributed by atoms with van der Waals surface area (Å²) in [4.78, 5) is 11.4. The van der Waals surface area contributed by atoms with E-state index in [2.05, 4.69) is 19.2 Å². The number of carbonyl (C=O) groups excluding carboxylic acids is 1. The van der Waals surface area contributed by atoms with E-state index in [1.165, 1.54) is 7.11 Å². The van der Waals surface area contributed by atoms with Crippen LogP contribution in [0, 0.1) is 0 Å². The van der Waals surface area contributed by atoms with E-state index in [0.717, 1.165) is 17.9 Å². The maximum absolute atomic E-state index is 11.4. The summed E-state index contributed by atoms with van der Waals surface area (Å²) in [5.74, 6) is 0.446. The molecular weight excluding hydrogens is 218 g/mol. The lowest BCUT2D eigenvalue weighted by Crippen LogP contribution is -2.43. The van der Waals surface area contributed by atoms with Crippen molar-refractivity contribution in [2.75, 3.05) is 19.0 Å². The number of methoxy groups -OCH3 is 1. The summed E-state index contributed by atoms with van der Waals surface area (Å²) in [7, 11) is 1.38.